The lowest BCUT2D eigenvalue weighted by atomic mass is 10.3. The number of hydrogen-bond donors (Lipinski definition) is 1. The van der Waals surface area contributed by atoms with Gasteiger partial charge in [-0.25, -0.2) is 9.37 Å². The highest BCUT2D eigenvalue weighted by atomic mass is 79.9. The second-order valence-corrected chi connectivity index (χ2v) is 5.14. The maximum Gasteiger partial charge on any atom is 0.226 e. The molecule has 20 heavy (non-hydrogen) atoms. The molecule has 4 nitrogen and oxygen atoms in total. The topological polar surface area (TPSA) is 47.0 Å². The summed E-state index contributed by atoms with van der Waals surface area (Å²) < 4.78 is 19.5. The van der Waals surface area contributed by atoms with E-state index in [1.165, 1.54) is 6.07 Å². The van der Waals surface area contributed by atoms with Crippen molar-refractivity contribution in [2.24, 2.45) is 0 Å². The van der Waals surface area contributed by atoms with E-state index in [4.69, 9.17) is 4.74 Å². The molecule has 0 amide bonds. The second kappa shape index (κ2) is 6.65. The van der Waals surface area contributed by atoms with Crippen LogP contribution in [0.1, 0.15) is 18.9 Å². The molecule has 1 N–H and O–H groups in total. The Labute approximate surface area is 125 Å². The summed E-state index contributed by atoms with van der Waals surface area (Å²) in [5.74, 6) is 0.942. The predicted octanol–water partition coefficient (Wildman–Crippen LogP) is 4.30. The van der Waals surface area contributed by atoms with Gasteiger partial charge in [0.15, 0.2) is 0 Å². The summed E-state index contributed by atoms with van der Waals surface area (Å²) in [4.78, 5) is 8.44. The summed E-state index contributed by atoms with van der Waals surface area (Å²) in [6, 6.07) is 4.58. The Balaban J connectivity index is 2.20. The number of rotatable bonds is 5. The van der Waals surface area contributed by atoms with E-state index in [1.807, 2.05) is 6.92 Å². The smallest absolute Gasteiger partial charge is 0.226 e. The first-order chi connectivity index (χ1) is 9.60. The second-order valence-electron chi connectivity index (χ2n) is 4.29. The molecular weight excluding hydrogens is 325 g/mol. The van der Waals surface area contributed by atoms with Crippen molar-refractivity contribution in [3.8, 4) is 11.6 Å². The fraction of sp³-hybridized carbons (Fsp3) is 0.286. The van der Waals surface area contributed by atoms with Gasteiger partial charge in [0, 0.05) is 24.4 Å². The van der Waals surface area contributed by atoms with Crippen molar-refractivity contribution in [3.05, 3.63) is 40.2 Å². The summed E-state index contributed by atoms with van der Waals surface area (Å²) in [6.45, 7) is 4.69. The van der Waals surface area contributed by atoms with Gasteiger partial charge in [-0.2, -0.15) is 4.98 Å². The van der Waals surface area contributed by atoms with Crippen molar-refractivity contribution >= 4 is 21.9 Å². The molecule has 106 valence electrons. The van der Waals surface area contributed by atoms with Crippen molar-refractivity contribution in [2.75, 3.05) is 11.9 Å². The van der Waals surface area contributed by atoms with Crippen LogP contribution in [0.25, 0.3) is 0 Å². The molecule has 0 aliphatic heterocycles. The van der Waals surface area contributed by atoms with Gasteiger partial charge in [-0.3, -0.25) is 0 Å². The van der Waals surface area contributed by atoms with E-state index in [9.17, 15) is 4.39 Å². The zero-order valence-corrected chi connectivity index (χ0v) is 12.9. The van der Waals surface area contributed by atoms with Gasteiger partial charge in [-0.15, -0.1) is 0 Å². The average Bonchev–Trinajstić information content (AvgIpc) is 2.44. The molecule has 0 saturated carbocycles. The van der Waals surface area contributed by atoms with Crippen LogP contribution in [0.2, 0.25) is 0 Å². The van der Waals surface area contributed by atoms with Crippen molar-refractivity contribution in [1.82, 2.24) is 9.97 Å². The lowest BCUT2D eigenvalue weighted by Gasteiger charge is -2.10. The minimum Gasteiger partial charge on any atom is -0.438 e. The zero-order valence-electron chi connectivity index (χ0n) is 11.3. The van der Waals surface area contributed by atoms with E-state index >= 15 is 0 Å². The minimum atomic E-state index is -0.376. The number of halogens is 2. The third kappa shape index (κ3) is 3.66. The Bertz CT molecular complexity index is 607. The Morgan fingerprint density at radius 3 is 2.90 bits per heavy atom. The van der Waals surface area contributed by atoms with Gasteiger partial charge in [-0.05, 0) is 41.4 Å². The maximum absolute atomic E-state index is 13.5. The van der Waals surface area contributed by atoms with Crippen molar-refractivity contribution in [3.63, 3.8) is 0 Å². The summed E-state index contributed by atoms with van der Waals surface area (Å²) >= 11 is 3.10. The van der Waals surface area contributed by atoms with E-state index in [-0.39, 0.29) is 5.82 Å². The molecule has 0 aliphatic rings. The summed E-state index contributed by atoms with van der Waals surface area (Å²) in [6.07, 6.45) is 2.65. The number of anilines is 1. The Kier molecular flexibility index (Phi) is 4.89. The SMILES string of the molecule is CCCNc1ncc(C)c(Oc2ccc(Br)c(F)c2)n1. The number of nitrogens with one attached hydrogen (secondary N) is 1. The lowest BCUT2D eigenvalue weighted by Crippen LogP contribution is -2.05. The van der Waals surface area contributed by atoms with Gasteiger partial charge < -0.3 is 10.1 Å². The monoisotopic (exact) mass is 339 g/mol. The number of benzene rings is 1. The van der Waals surface area contributed by atoms with E-state index < -0.39 is 0 Å². The van der Waals surface area contributed by atoms with Crippen LogP contribution >= 0.6 is 15.9 Å². The van der Waals surface area contributed by atoms with Gasteiger partial charge in [0.2, 0.25) is 11.8 Å². The zero-order chi connectivity index (χ0) is 14.5. The molecule has 2 rings (SSSR count). The fourth-order valence-electron chi connectivity index (χ4n) is 1.50. The number of hydrogen-bond acceptors (Lipinski definition) is 4. The average molecular weight is 340 g/mol. The van der Waals surface area contributed by atoms with Crippen LogP contribution < -0.4 is 10.1 Å². The number of aryl methyl sites for hydroxylation is 1. The van der Waals surface area contributed by atoms with Crippen LogP contribution in [0.4, 0.5) is 10.3 Å². The third-order valence-corrected chi connectivity index (χ3v) is 3.21. The van der Waals surface area contributed by atoms with E-state index in [1.54, 1.807) is 18.3 Å². The van der Waals surface area contributed by atoms with Crippen molar-refractivity contribution in [2.45, 2.75) is 20.3 Å². The van der Waals surface area contributed by atoms with Gasteiger partial charge in [0.25, 0.3) is 0 Å². The minimum absolute atomic E-state index is 0.376. The Morgan fingerprint density at radius 2 is 2.20 bits per heavy atom. The normalized spacial score (nSPS) is 10.4. The summed E-state index contributed by atoms with van der Waals surface area (Å²) in [5.41, 5.74) is 0.787. The Hall–Kier alpha value is -1.69. The molecule has 0 bridgehead atoms. The lowest BCUT2D eigenvalue weighted by molar-refractivity contribution is 0.453. The van der Waals surface area contributed by atoms with Crippen LogP contribution in [0.15, 0.2) is 28.9 Å². The quantitative estimate of drug-likeness (QED) is 0.882. The predicted molar refractivity (Wildman–Crippen MR) is 79.7 cm³/mol. The number of aromatic nitrogens is 2. The Morgan fingerprint density at radius 1 is 1.40 bits per heavy atom. The van der Waals surface area contributed by atoms with Crippen molar-refractivity contribution in [1.29, 1.82) is 0 Å². The highest BCUT2D eigenvalue weighted by molar-refractivity contribution is 9.10. The first kappa shape index (κ1) is 14.7. The van der Waals surface area contributed by atoms with E-state index in [0.717, 1.165) is 18.5 Å². The summed E-state index contributed by atoms with van der Waals surface area (Å²) in [5, 5.41) is 3.08. The summed E-state index contributed by atoms with van der Waals surface area (Å²) in [7, 11) is 0. The van der Waals surface area contributed by atoms with E-state index in [0.29, 0.717) is 22.1 Å². The maximum atomic E-state index is 13.5. The number of ether oxygens (including phenoxy) is 1. The fourth-order valence-corrected chi connectivity index (χ4v) is 1.75. The first-order valence-corrected chi connectivity index (χ1v) is 7.10. The van der Waals surface area contributed by atoms with Gasteiger partial charge >= 0.3 is 0 Å². The van der Waals surface area contributed by atoms with Crippen LogP contribution in [-0.4, -0.2) is 16.5 Å². The molecule has 1 heterocycles. The molecular formula is C14H15BrFN3O. The molecule has 1 aromatic carbocycles. The standard InChI is InChI=1S/C14H15BrFN3O/c1-3-6-17-14-18-8-9(2)13(19-14)20-10-4-5-11(15)12(16)7-10/h4-5,7-8H,3,6H2,1-2H3,(H,17,18,19). The molecule has 0 unspecified atom stereocenters. The molecule has 2 aromatic rings. The highest BCUT2D eigenvalue weighted by Crippen LogP contribution is 2.26. The molecule has 1 aromatic heterocycles. The molecule has 6 heteroatoms. The van der Waals surface area contributed by atoms with E-state index in [2.05, 4.69) is 38.1 Å². The molecule has 0 fully saturated rings. The molecule has 0 spiro atoms. The van der Waals surface area contributed by atoms with Crippen LogP contribution in [0.3, 0.4) is 0 Å². The van der Waals surface area contributed by atoms with Crippen LogP contribution in [-0.2, 0) is 0 Å². The third-order valence-electron chi connectivity index (χ3n) is 2.56. The largest absolute Gasteiger partial charge is 0.438 e. The van der Waals surface area contributed by atoms with Gasteiger partial charge in [0.05, 0.1) is 4.47 Å². The first-order valence-electron chi connectivity index (χ1n) is 6.30. The highest BCUT2D eigenvalue weighted by Gasteiger charge is 2.08. The van der Waals surface area contributed by atoms with Crippen LogP contribution in [0.5, 0.6) is 11.6 Å². The molecule has 0 aliphatic carbocycles. The van der Waals surface area contributed by atoms with Gasteiger partial charge in [-0.1, -0.05) is 6.92 Å². The van der Waals surface area contributed by atoms with Gasteiger partial charge in [0.1, 0.15) is 11.6 Å². The molecule has 0 atom stereocenters. The van der Waals surface area contributed by atoms with Crippen molar-refractivity contribution < 1.29 is 9.13 Å². The number of nitrogens with zero attached hydrogens (tertiary/aromatic N) is 2. The molecule has 0 saturated heterocycles. The van der Waals surface area contributed by atoms with Crippen LogP contribution in [0, 0.1) is 12.7 Å². The molecule has 0 radical (unpaired) electrons.